The number of aryl methyl sites for hydroxylation is 2. The Balaban J connectivity index is 1.69. The van der Waals surface area contributed by atoms with Gasteiger partial charge in [-0.05, 0) is 55.7 Å². The molecule has 2 aromatic carbocycles. The van der Waals surface area contributed by atoms with Gasteiger partial charge in [0.25, 0.3) is 11.5 Å². The number of carbonyl (C=O) groups is 1. The summed E-state index contributed by atoms with van der Waals surface area (Å²) in [6, 6.07) is 9.48. The molecule has 0 fully saturated rings. The number of nitrogens with one attached hydrogen (secondary N) is 1. The van der Waals surface area contributed by atoms with Gasteiger partial charge in [0.05, 0.1) is 16.6 Å². The molecule has 6 heteroatoms. The van der Waals surface area contributed by atoms with Crippen LogP contribution in [0.25, 0.3) is 10.9 Å². The number of rotatable bonds is 2. The van der Waals surface area contributed by atoms with E-state index in [-0.39, 0.29) is 11.2 Å². The van der Waals surface area contributed by atoms with Crippen molar-refractivity contribution in [1.82, 2.24) is 9.55 Å². The zero-order chi connectivity index (χ0) is 19.7. The predicted molar refractivity (Wildman–Crippen MR) is 107 cm³/mol. The standard InChI is InChI=1S/C22H22FN3O2/c1-14-7-10-18(17(23)12-14)25-21(27)15-8-9-16-19(13-15)24-20-6-4-2-3-5-11-26(20)22(16)28/h7-10,12-13H,2-6,11H2,1H3,(H,25,27). The monoisotopic (exact) mass is 379 g/mol. The summed E-state index contributed by atoms with van der Waals surface area (Å²) in [4.78, 5) is 30.1. The van der Waals surface area contributed by atoms with E-state index in [0.29, 0.717) is 23.0 Å². The van der Waals surface area contributed by atoms with Crippen LogP contribution < -0.4 is 10.9 Å². The number of aromatic nitrogens is 2. The summed E-state index contributed by atoms with van der Waals surface area (Å²) < 4.78 is 15.8. The highest BCUT2D eigenvalue weighted by Gasteiger charge is 2.15. The number of anilines is 1. The van der Waals surface area contributed by atoms with Gasteiger partial charge < -0.3 is 5.32 Å². The summed E-state index contributed by atoms with van der Waals surface area (Å²) in [5, 5.41) is 3.09. The molecule has 1 aromatic heterocycles. The number of amides is 1. The third kappa shape index (κ3) is 3.54. The van der Waals surface area contributed by atoms with E-state index in [1.54, 1.807) is 35.8 Å². The maximum atomic E-state index is 14.0. The van der Waals surface area contributed by atoms with Crippen molar-refractivity contribution in [1.29, 1.82) is 0 Å². The number of fused-ring (bicyclic) bond motifs is 2. The molecule has 144 valence electrons. The van der Waals surface area contributed by atoms with Crippen molar-refractivity contribution in [3.8, 4) is 0 Å². The second kappa shape index (κ2) is 7.54. The van der Waals surface area contributed by atoms with Crippen LogP contribution in [-0.2, 0) is 13.0 Å². The Labute approximate surface area is 162 Å². The molecule has 1 aliphatic heterocycles. The van der Waals surface area contributed by atoms with Gasteiger partial charge in [0.15, 0.2) is 0 Å². The van der Waals surface area contributed by atoms with Crippen LogP contribution in [0.3, 0.4) is 0 Å². The summed E-state index contributed by atoms with van der Waals surface area (Å²) in [7, 11) is 0. The fraction of sp³-hybridized carbons (Fsp3) is 0.318. The zero-order valence-electron chi connectivity index (χ0n) is 15.8. The molecule has 0 aliphatic carbocycles. The summed E-state index contributed by atoms with van der Waals surface area (Å²) in [5.41, 5.74) is 1.70. The van der Waals surface area contributed by atoms with Gasteiger partial charge in [-0.25, -0.2) is 9.37 Å². The highest BCUT2D eigenvalue weighted by Crippen LogP contribution is 2.19. The van der Waals surface area contributed by atoms with E-state index in [1.807, 2.05) is 0 Å². The first-order chi connectivity index (χ1) is 13.5. The van der Waals surface area contributed by atoms with Crippen LogP contribution in [0.5, 0.6) is 0 Å². The van der Waals surface area contributed by atoms with Crippen LogP contribution in [0.1, 0.15) is 47.4 Å². The van der Waals surface area contributed by atoms with Crippen LogP contribution >= 0.6 is 0 Å². The van der Waals surface area contributed by atoms with E-state index in [1.165, 1.54) is 12.1 Å². The van der Waals surface area contributed by atoms with Crippen molar-refractivity contribution < 1.29 is 9.18 Å². The SMILES string of the molecule is Cc1ccc(NC(=O)c2ccc3c(=O)n4c(nc3c2)CCCCCC4)c(F)c1. The van der Waals surface area contributed by atoms with Gasteiger partial charge in [-0.2, -0.15) is 0 Å². The van der Waals surface area contributed by atoms with E-state index < -0.39 is 11.7 Å². The van der Waals surface area contributed by atoms with E-state index in [0.717, 1.165) is 43.5 Å². The molecule has 1 aliphatic rings. The van der Waals surface area contributed by atoms with Gasteiger partial charge in [0.1, 0.15) is 11.6 Å². The minimum atomic E-state index is -0.480. The van der Waals surface area contributed by atoms with Crippen molar-refractivity contribution in [3.63, 3.8) is 0 Å². The Morgan fingerprint density at radius 3 is 2.75 bits per heavy atom. The summed E-state index contributed by atoms with van der Waals surface area (Å²) in [6.45, 7) is 2.47. The zero-order valence-corrected chi connectivity index (χ0v) is 15.8. The van der Waals surface area contributed by atoms with Gasteiger partial charge in [0, 0.05) is 18.5 Å². The van der Waals surface area contributed by atoms with Crippen LogP contribution in [0.15, 0.2) is 41.2 Å². The smallest absolute Gasteiger partial charge is 0.261 e. The molecule has 1 amide bonds. The van der Waals surface area contributed by atoms with E-state index >= 15 is 0 Å². The molecule has 0 radical (unpaired) electrons. The van der Waals surface area contributed by atoms with E-state index in [2.05, 4.69) is 10.3 Å². The molecule has 0 saturated heterocycles. The second-order valence-corrected chi connectivity index (χ2v) is 7.32. The van der Waals surface area contributed by atoms with Gasteiger partial charge in [-0.1, -0.05) is 18.9 Å². The van der Waals surface area contributed by atoms with Crippen molar-refractivity contribution in [2.45, 2.75) is 45.6 Å². The third-order valence-electron chi connectivity index (χ3n) is 5.20. The number of carbonyl (C=O) groups excluding carboxylic acids is 1. The molecular formula is C22H22FN3O2. The Hall–Kier alpha value is -3.02. The van der Waals surface area contributed by atoms with Crippen molar-refractivity contribution in [3.05, 3.63) is 69.5 Å². The summed E-state index contributed by atoms with van der Waals surface area (Å²) >= 11 is 0. The number of hydrogen-bond donors (Lipinski definition) is 1. The third-order valence-corrected chi connectivity index (χ3v) is 5.20. The van der Waals surface area contributed by atoms with Crippen molar-refractivity contribution in [2.75, 3.05) is 5.32 Å². The molecule has 28 heavy (non-hydrogen) atoms. The molecule has 4 rings (SSSR count). The van der Waals surface area contributed by atoms with E-state index in [9.17, 15) is 14.0 Å². The number of benzene rings is 2. The van der Waals surface area contributed by atoms with Gasteiger partial charge in [-0.3, -0.25) is 14.2 Å². The maximum Gasteiger partial charge on any atom is 0.261 e. The average molecular weight is 379 g/mol. The van der Waals surface area contributed by atoms with Gasteiger partial charge >= 0.3 is 0 Å². The highest BCUT2D eigenvalue weighted by atomic mass is 19.1. The topological polar surface area (TPSA) is 64.0 Å². The molecule has 0 bridgehead atoms. The molecule has 0 unspecified atom stereocenters. The minimum absolute atomic E-state index is 0.0570. The van der Waals surface area contributed by atoms with Gasteiger partial charge in [0.2, 0.25) is 0 Å². The van der Waals surface area contributed by atoms with Crippen molar-refractivity contribution in [2.24, 2.45) is 0 Å². The van der Waals surface area contributed by atoms with Crippen LogP contribution in [0.4, 0.5) is 10.1 Å². The lowest BCUT2D eigenvalue weighted by molar-refractivity contribution is 0.102. The van der Waals surface area contributed by atoms with E-state index in [4.69, 9.17) is 0 Å². The predicted octanol–water partition coefficient (Wildman–Crippen LogP) is 4.21. The Morgan fingerprint density at radius 2 is 1.93 bits per heavy atom. The van der Waals surface area contributed by atoms with Crippen LogP contribution in [0, 0.1) is 12.7 Å². The normalized spacial score (nSPS) is 14.2. The Bertz CT molecular complexity index is 1120. The molecule has 0 atom stereocenters. The number of nitrogens with zero attached hydrogens (tertiary/aromatic N) is 2. The average Bonchev–Trinajstić information content (AvgIpc) is 2.65. The summed E-state index contributed by atoms with van der Waals surface area (Å²) in [6.07, 6.45) is 5.00. The lowest BCUT2D eigenvalue weighted by atomic mass is 10.1. The molecular weight excluding hydrogens is 357 g/mol. The van der Waals surface area contributed by atoms with Crippen LogP contribution in [-0.4, -0.2) is 15.5 Å². The minimum Gasteiger partial charge on any atom is -0.319 e. The Kier molecular flexibility index (Phi) is 4.94. The summed E-state index contributed by atoms with van der Waals surface area (Å²) in [5.74, 6) is -0.135. The lowest BCUT2D eigenvalue weighted by Crippen LogP contribution is -2.26. The molecule has 2 heterocycles. The highest BCUT2D eigenvalue weighted by molar-refractivity contribution is 6.06. The molecule has 0 spiro atoms. The van der Waals surface area contributed by atoms with Crippen LogP contribution in [0.2, 0.25) is 0 Å². The fourth-order valence-corrected chi connectivity index (χ4v) is 3.65. The second-order valence-electron chi connectivity index (χ2n) is 7.32. The number of halogens is 1. The maximum absolute atomic E-state index is 14.0. The largest absolute Gasteiger partial charge is 0.319 e. The first kappa shape index (κ1) is 18.3. The molecule has 3 aromatic rings. The Morgan fingerprint density at radius 1 is 1.11 bits per heavy atom. The lowest BCUT2D eigenvalue weighted by Gasteiger charge is -2.16. The molecule has 5 nitrogen and oxygen atoms in total. The molecule has 1 N–H and O–H groups in total. The first-order valence-corrected chi connectivity index (χ1v) is 9.64. The fourth-order valence-electron chi connectivity index (χ4n) is 3.65. The van der Waals surface area contributed by atoms with Gasteiger partial charge in [-0.15, -0.1) is 0 Å². The first-order valence-electron chi connectivity index (χ1n) is 9.64. The molecule has 0 saturated carbocycles. The van der Waals surface area contributed by atoms with Crippen molar-refractivity contribution >= 4 is 22.5 Å². The quantitative estimate of drug-likeness (QED) is 0.725. The number of hydrogen-bond acceptors (Lipinski definition) is 3.